The van der Waals surface area contributed by atoms with Crippen LogP contribution in [0.1, 0.15) is 29.7 Å². The van der Waals surface area contributed by atoms with Gasteiger partial charge in [0.1, 0.15) is 18.0 Å². The van der Waals surface area contributed by atoms with Crippen molar-refractivity contribution in [2.45, 2.75) is 25.6 Å². The van der Waals surface area contributed by atoms with Crippen LogP contribution in [0.4, 0.5) is 4.39 Å². The molecule has 3 nitrogen and oxygen atoms in total. The Morgan fingerprint density at radius 2 is 1.95 bits per heavy atom. The molecular weight excluding hydrogens is 271 g/mol. The first-order valence-corrected chi connectivity index (χ1v) is 6.89. The zero-order valence-corrected chi connectivity index (χ0v) is 12.0. The second-order valence-corrected chi connectivity index (χ2v) is 5.30. The van der Waals surface area contributed by atoms with Crippen LogP contribution in [0.15, 0.2) is 36.4 Å². The van der Waals surface area contributed by atoms with Crippen molar-refractivity contribution in [2.24, 2.45) is 0 Å². The highest BCUT2D eigenvalue weighted by Gasteiger charge is 2.21. The zero-order valence-electron chi connectivity index (χ0n) is 12.0. The third-order valence-corrected chi connectivity index (χ3v) is 3.73. The molecule has 0 amide bonds. The van der Waals surface area contributed by atoms with E-state index in [2.05, 4.69) is 0 Å². The minimum atomic E-state index is -0.819. The zero-order chi connectivity index (χ0) is 15.0. The van der Waals surface area contributed by atoms with Crippen LogP contribution in [-0.2, 0) is 6.42 Å². The van der Waals surface area contributed by atoms with E-state index in [1.165, 1.54) is 19.2 Å². The lowest BCUT2D eigenvalue weighted by atomic mass is 9.98. The van der Waals surface area contributed by atoms with Crippen LogP contribution < -0.4 is 9.47 Å². The molecule has 0 spiro atoms. The highest BCUT2D eigenvalue weighted by Crippen LogP contribution is 2.33. The first-order valence-electron chi connectivity index (χ1n) is 6.89. The summed E-state index contributed by atoms with van der Waals surface area (Å²) >= 11 is 0. The Morgan fingerprint density at radius 3 is 2.71 bits per heavy atom. The molecule has 2 aromatic carbocycles. The Labute approximate surface area is 122 Å². The molecule has 110 valence electrons. The van der Waals surface area contributed by atoms with Crippen molar-refractivity contribution in [3.05, 3.63) is 58.9 Å². The van der Waals surface area contributed by atoms with Crippen LogP contribution >= 0.6 is 0 Å². The van der Waals surface area contributed by atoms with Crippen LogP contribution in [0.3, 0.4) is 0 Å². The molecule has 0 aromatic heterocycles. The molecule has 0 saturated heterocycles. The fourth-order valence-corrected chi connectivity index (χ4v) is 2.65. The van der Waals surface area contributed by atoms with Gasteiger partial charge in [-0.05, 0) is 47.9 Å². The third-order valence-electron chi connectivity index (χ3n) is 3.73. The largest absolute Gasteiger partial charge is 0.494 e. The van der Waals surface area contributed by atoms with E-state index in [0.717, 1.165) is 23.3 Å². The van der Waals surface area contributed by atoms with Gasteiger partial charge in [-0.2, -0.15) is 0 Å². The Bertz CT molecular complexity index is 669. The molecule has 2 aromatic rings. The quantitative estimate of drug-likeness (QED) is 0.942. The van der Waals surface area contributed by atoms with Gasteiger partial charge in [-0.25, -0.2) is 4.39 Å². The summed E-state index contributed by atoms with van der Waals surface area (Å²) in [6.07, 6.45) is 0.182. The van der Waals surface area contributed by atoms with Crippen LogP contribution in [0.25, 0.3) is 0 Å². The maximum absolute atomic E-state index is 13.4. The highest BCUT2D eigenvalue weighted by atomic mass is 19.1. The molecule has 2 atom stereocenters. The van der Waals surface area contributed by atoms with Crippen molar-refractivity contribution in [3.8, 4) is 11.5 Å². The number of aliphatic hydroxyl groups is 1. The van der Waals surface area contributed by atoms with Gasteiger partial charge in [-0.15, -0.1) is 0 Å². The topological polar surface area (TPSA) is 38.7 Å². The molecule has 0 fully saturated rings. The summed E-state index contributed by atoms with van der Waals surface area (Å²) < 4.78 is 24.0. The number of aliphatic hydroxyl groups excluding tert-OH is 1. The lowest BCUT2D eigenvalue weighted by Crippen LogP contribution is -2.05. The van der Waals surface area contributed by atoms with Crippen molar-refractivity contribution < 1.29 is 19.0 Å². The molecule has 3 rings (SSSR count). The van der Waals surface area contributed by atoms with Crippen molar-refractivity contribution in [1.29, 1.82) is 0 Å². The number of methoxy groups -OCH3 is 1. The van der Waals surface area contributed by atoms with Gasteiger partial charge in [0.15, 0.2) is 11.6 Å². The Kier molecular flexibility index (Phi) is 3.55. The van der Waals surface area contributed by atoms with Gasteiger partial charge >= 0.3 is 0 Å². The highest BCUT2D eigenvalue weighted by molar-refractivity contribution is 5.44. The number of hydrogen-bond donors (Lipinski definition) is 1. The molecule has 4 heteroatoms. The Hall–Kier alpha value is -2.07. The first-order chi connectivity index (χ1) is 10.1. The normalized spacial score (nSPS) is 18.0. The van der Waals surface area contributed by atoms with Crippen molar-refractivity contribution in [2.75, 3.05) is 7.11 Å². The standard InChI is InChI=1S/C17H17FO3/c1-10-7-13-8-11(4-6-15(13)21-10)17(19)12-3-5-14(18)16(9-12)20-2/h3-6,8-10,17,19H,7H2,1-2H3. The molecule has 0 aliphatic carbocycles. The molecule has 1 aliphatic rings. The van der Waals surface area contributed by atoms with Gasteiger partial charge in [0, 0.05) is 6.42 Å². The summed E-state index contributed by atoms with van der Waals surface area (Å²) in [5, 5.41) is 10.5. The van der Waals surface area contributed by atoms with E-state index in [9.17, 15) is 9.50 Å². The molecule has 0 radical (unpaired) electrons. The lowest BCUT2D eigenvalue weighted by Gasteiger charge is -2.14. The Morgan fingerprint density at radius 1 is 1.24 bits per heavy atom. The SMILES string of the molecule is COc1cc(C(O)c2ccc3c(c2)CC(C)O3)ccc1F. The maximum Gasteiger partial charge on any atom is 0.165 e. The average Bonchev–Trinajstić information content (AvgIpc) is 2.86. The predicted molar refractivity (Wildman–Crippen MR) is 77.2 cm³/mol. The van der Waals surface area contributed by atoms with Crippen molar-refractivity contribution in [1.82, 2.24) is 0 Å². The van der Waals surface area contributed by atoms with Gasteiger partial charge in [-0.3, -0.25) is 0 Å². The van der Waals surface area contributed by atoms with Gasteiger partial charge in [0.25, 0.3) is 0 Å². The average molecular weight is 288 g/mol. The molecule has 1 aliphatic heterocycles. The monoisotopic (exact) mass is 288 g/mol. The number of rotatable bonds is 3. The van der Waals surface area contributed by atoms with E-state index in [0.29, 0.717) is 5.56 Å². The Balaban J connectivity index is 1.92. The van der Waals surface area contributed by atoms with Gasteiger partial charge < -0.3 is 14.6 Å². The predicted octanol–water partition coefficient (Wildman–Crippen LogP) is 3.24. The van der Waals surface area contributed by atoms with E-state index in [1.54, 1.807) is 6.07 Å². The summed E-state index contributed by atoms with van der Waals surface area (Å²) in [6.45, 7) is 2.01. The molecule has 0 bridgehead atoms. The van der Waals surface area contributed by atoms with Crippen LogP contribution in [-0.4, -0.2) is 18.3 Å². The second kappa shape index (κ2) is 5.37. The summed E-state index contributed by atoms with van der Waals surface area (Å²) in [6, 6.07) is 10.0. The molecule has 1 heterocycles. The number of ether oxygens (including phenoxy) is 2. The molecule has 21 heavy (non-hydrogen) atoms. The van der Waals surface area contributed by atoms with Gasteiger partial charge in [0.2, 0.25) is 0 Å². The summed E-state index contributed by atoms with van der Waals surface area (Å²) in [5.41, 5.74) is 2.45. The fourth-order valence-electron chi connectivity index (χ4n) is 2.65. The summed E-state index contributed by atoms with van der Waals surface area (Å²) in [5.74, 6) is 0.560. The molecule has 0 saturated carbocycles. The second-order valence-electron chi connectivity index (χ2n) is 5.30. The van der Waals surface area contributed by atoms with Crippen LogP contribution in [0.5, 0.6) is 11.5 Å². The van der Waals surface area contributed by atoms with E-state index in [4.69, 9.17) is 9.47 Å². The third kappa shape index (κ3) is 2.59. The summed E-state index contributed by atoms with van der Waals surface area (Å²) in [7, 11) is 1.41. The number of fused-ring (bicyclic) bond motifs is 1. The lowest BCUT2D eigenvalue weighted by molar-refractivity contribution is 0.219. The number of halogens is 1. The van der Waals surface area contributed by atoms with E-state index >= 15 is 0 Å². The van der Waals surface area contributed by atoms with Crippen LogP contribution in [0, 0.1) is 5.82 Å². The van der Waals surface area contributed by atoms with Gasteiger partial charge in [0.05, 0.1) is 7.11 Å². The van der Waals surface area contributed by atoms with E-state index in [-0.39, 0.29) is 11.9 Å². The minimum Gasteiger partial charge on any atom is -0.494 e. The summed E-state index contributed by atoms with van der Waals surface area (Å²) in [4.78, 5) is 0. The first kappa shape index (κ1) is 13.9. The fraction of sp³-hybridized carbons (Fsp3) is 0.294. The minimum absolute atomic E-state index is 0.129. The van der Waals surface area contributed by atoms with Gasteiger partial charge in [-0.1, -0.05) is 12.1 Å². The van der Waals surface area contributed by atoms with Crippen LogP contribution in [0.2, 0.25) is 0 Å². The number of benzene rings is 2. The van der Waals surface area contributed by atoms with Crippen molar-refractivity contribution >= 4 is 0 Å². The number of hydrogen-bond acceptors (Lipinski definition) is 3. The molecule has 2 unspecified atom stereocenters. The van der Waals surface area contributed by atoms with E-state index in [1.807, 2.05) is 25.1 Å². The molecule has 1 N–H and O–H groups in total. The molecular formula is C17H17FO3. The van der Waals surface area contributed by atoms with Crippen molar-refractivity contribution in [3.63, 3.8) is 0 Å². The van der Waals surface area contributed by atoms with E-state index < -0.39 is 11.9 Å². The smallest absolute Gasteiger partial charge is 0.165 e. The maximum atomic E-state index is 13.4.